The summed E-state index contributed by atoms with van der Waals surface area (Å²) in [6, 6.07) is 17.4. The van der Waals surface area contributed by atoms with Crippen LogP contribution in [-0.2, 0) is 11.3 Å². The molecule has 0 spiro atoms. The zero-order valence-electron chi connectivity index (χ0n) is 17.7. The Morgan fingerprint density at radius 1 is 1.06 bits per heavy atom. The monoisotopic (exact) mass is 428 g/mol. The van der Waals surface area contributed by atoms with Crippen molar-refractivity contribution in [1.29, 1.82) is 0 Å². The first-order valence-electron chi connectivity index (χ1n) is 10.3. The van der Waals surface area contributed by atoms with Crippen LogP contribution in [0.2, 0.25) is 0 Å². The molecule has 0 atom stereocenters. The molecule has 0 radical (unpaired) electrons. The molecule has 8 heteroatoms. The lowest BCUT2D eigenvalue weighted by Gasteiger charge is -2.08. The molecular formula is C24H24N6O2. The number of methoxy groups -OCH3 is 1. The lowest BCUT2D eigenvalue weighted by atomic mass is 10.1. The third kappa shape index (κ3) is 5.16. The number of benzene rings is 1. The summed E-state index contributed by atoms with van der Waals surface area (Å²) in [6.45, 7) is 1.45. The fourth-order valence-electron chi connectivity index (χ4n) is 3.19. The van der Waals surface area contributed by atoms with Gasteiger partial charge in [-0.05, 0) is 36.4 Å². The fraction of sp³-hybridized carbons (Fsp3) is 0.167. The van der Waals surface area contributed by atoms with Crippen molar-refractivity contribution in [2.75, 3.05) is 25.6 Å². The molecule has 0 saturated carbocycles. The summed E-state index contributed by atoms with van der Waals surface area (Å²) in [5.41, 5.74) is 4.36. The van der Waals surface area contributed by atoms with Crippen molar-refractivity contribution in [1.82, 2.24) is 25.1 Å². The molecule has 32 heavy (non-hydrogen) atoms. The van der Waals surface area contributed by atoms with Gasteiger partial charge >= 0.3 is 0 Å². The quantitative estimate of drug-likeness (QED) is 0.397. The van der Waals surface area contributed by atoms with Crippen LogP contribution in [0.25, 0.3) is 16.9 Å². The highest BCUT2D eigenvalue weighted by molar-refractivity contribution is 5.94. The maximum Gasteiger partial charge on any atom is 0.252 e. The zero-order valence-corrected chi connectivity index (χ0v) is 17.7. The third-order valence-corrected chi connectivity index (χ3v) is 4.84. The minimum Gasteiger partial charge on any atom is -0.383 e. The topological polar surface area (TPSA) is 94.0 Å². The normalized spacial score (nSPS) is 10.7. The molecule has 0 saturated heterocycles. The average molecular weight is 428 g/mol. The van der Waals surface area contributed by atoms with Crippen molar-refractivity contribution in [3.63, 3.8) is 0 Å². The van der Waals surface area contributed by atoms with Gasteiger partial charge in [0.05, 0.1) is 23.6 Å². The van der Waals surface area contributed by atoms with Crippen LogP contribution in [0.3, 0.4) is 0 Å². The predicted octanol–water partition coefficient (Wildman–Crippen LogP) is 3.32. The highest BCUT2D eigenvalue weighted by atomic mass is 16.5. The Kier molecular flexibility index (Phi) is 6.84. The predicted molar refractivity (Wildman–Crippen MR) is 123 cm³/mol. The van der Waals surface area contributed by atoms with Gasteiger partial charge in [-0.15, -0.1) is 0 Å². The molecule has 0 aliphatic rings. The van der Waals surface area contributed by atoms with Crippen molar-refractivity contribution >= 4 is 11.7 Å². The van der Waals surface area contributed by atoms with Gasteiger partial charge < -0.3 is 15.4 Å². The first-order valence-corrected chi connectivity index (χ1v) is 10.3. The van der Waals surface area contributed by atoms with Gasteiger partial charge in [0.15, 0.2) is 0 Å². The Bertz CT molecular complexity index is 1140. The summed E-state index contributed by atoms with van der Waals surface area (Å²) in [5, 5.41) is 10.9. The summed E-state index contributed by atoms with van der Waals surface area (Å²) >= 11 is 0. The fourth-order valence-corrected chi connectivity index (χ4v) is 3.19. The van der Waals surface area contributed by atoms with E-state index in [1.807, 2.05) is 53.3 Å². The van der Waals surface area contributed by atoms with E-state index in [-0.39, 0.29) is 5.91 Å². The summed E-state index contributed by atoms with van der Waals surface area (Å²) in [4.78, 5) is 20.6. The lowest BCUT2D eigenvalue weighted by Crippen LogP contribution is -2.27. The van der Waals surface area contributed by atoms with E-state index in [0.29, 0.717) is 31.1 Å². The number of nitrogens with one attached hydrogen (secondary N) is 2. The van der Waals surface area contributed by atoms with Crippen LogP contribution in [0.4, 0.5) is 5.82 Å². The van der Waals surface area contributed by atoms with Crippen LogP contribution in [0.5, 0.6) is 0 Å². The summed E-state index contributed by atoms with van der Waals surface area (Å²) in [7, 11) is 1.60. The number of pyridine rings is 2. The molecule has 0 aliphatic heterocycles. The Morgan fingerprint density at radius 2 is 1.88 bits per heavy atom. The molecule has 1 amide bonds. The number of carbonyl (C=O) groups is 1. The average Bonchev–Trinajstić information content (AvgIpc) is 3.29. The number of aromatic nitrogens is 4. The Hall–Kier alpha value is -4.04. The zero-order chi connectivity index (χ0) is 22.2. The van der Waals surface area contributed by atoms with Gasteiger partial charge in [-0.2, -0.15) is 5.10 Å². The number of rotatable bonds is 9. The van der Waals surface area contributed by atoms with E-state index < -0.39 is 0 Å². The van der Waals surface area contributed by atoms with E-state index in [1.54, 1.807) is 37.8 Å². The number of anilines is 1. The highest BCUT2D eigenvalue weighted by Crippen LogP contribution is 2.24. The molecule has 162 valence electrons. The van der Waals surface area contributed by atoms with Gasteiger partial charge in [0.2, 0.25) is 0 Å². The molecule has 4 aromatic rings. The largest absolute Gasteiger partial charge is 0.383 e. The van der Waals surface area contributed by atoms with E-state index in [9.17, 15) is 4.79 Å². The van der Waals surface area contributed by atoms with Gasteiger partial charge in [0.1, 0.15) is 5.82 Å². The summed E-state index contributed by atoms with van der Waals surface area (Å²) < 4.78 is 6.81. The lowest BCUT2D eigenvalue weighted by molar-refractivity contribution is 0.0937. The van der Waals surface area contributed by atoms with Gasteiger partial charge in [0, 0.05) is 56.1 Å². The minimum absolute atomic E-state index is 0.176. The maximum absolute atomic E-state index is 12.1. The van der Waals surface area contributed by atoms with Gasteiger partial charge in [-0.3, -0.25) is 9.78 Å². The van der Waals surface area contributed by atoms with Crippen molar-refractivity contribution in [2.24, 2.45) is 0 Å². The van der Waals surface area contributed by atoms with E-state index in [4.69, 9.17) is 9.84 Å². The van der Waals surface area contributed by atoms with E-state index in [0.717, 1.165) is 22.5 Å². The molecule has 0 fully saturated rings. The molecule has 2 N–H and O–H groups in total. The number of nitrogens with zero attached hydrogens (tertiary/aromatic N) is 4. The highest BCUT2D eigenvalue weighted by Gasteiger charge is 2.13. The second kappa shape index (κ2) is 10.3. The number of carbonyl (C=O) groups excluding carboxylic acids is 1. The molecule has 3 aromatic heterocycles. The molecule has 8 nitrogen and oxygen atoms in total. The molecule has 3 heterocycles. The van der Waals surface area contributed by atoms with Crippen LogP contribution in [0.1, 0.15) is 15.9 Å². The molecule has 0 bridgehead atoms. The smallest absolute Gasteiger partial charge is 0.252 e. The second-order valence-corrected chi connectivity index (χ2v) is 7.05. The maximum atomic E-state index is 12.1. The van der Waals surface area contributed by atoms with Crippen LogP contribution < -0.4 is 10.6 Å². The Balaban J connectivity index is 1.50. The standard InChI is InChI=1S/C24H24N6O2/c1-32-14-13-26-24(31)19-7-8-22(27-15-19)28-16-20-17-30(21-5-3-2-4-6-21)29-23(20)18-9-11-25-12-10-18/h2-12,15,17H,13-14,16H2,1H3,(H,26,31)(H,27,28). The molecule has 0 aliphatic carbocycles. The second-order valence-electron chi connectivity index (χ2n) is 7.05. The van der Waals surface area contributed by atoms with E-state index in [1.165, 1.54) is 0 Å². The van der Waals surface area contributed by atoms with E-state index in [2.05, 4.69) is 20.6 Å². The van der Waals surface area contributed by atoms with Crippen LogP contribution >= 0.6 is 0 Å². The van der Waals surface area contributed by atoms with Gasteiger partial charge in [0.25, 0.3) is 5.91 Å². The van der Waals surface area contributed by atoms with Crippen molar-refractivity contribution in [2.45, 2.75) is 6.54 Å². The summed E-state index contributed by atoms with van der Waals surface area (Å²) in [5.74, 6) is 0.497. The SMILES string of the molecule is COCCNC(=O)c1ccc(NCc2cn(-c3ccccc3)nc2-c2ccncc2)nc1. The number of amides is 1. The van der Waals surface area contributed by atoms with E-state index >= 15 is 0 Å². The van der Waals surface area contributed by atoms with Gasteiger partial charge in [-0.25, -0.2) is 9.67 Å². The first kappa shape index (κ1) is 21.2. The Morgan fingerprint density at radius 3 is 2.59 bits per heavy atom. The summed E-state index contributed by atoms with van der Waals surface area (Å²) in [6.07, 6.45) is 7.08. The minimum atomic E-state index is -0.176. The van der Waals surface area contributed by atoms with Crippen molar-refractivity contribution in [3.8, 4) is 16.9 Å². The van der Waals surface area contributed by atoms with Gasteiger partial charge in [-0.1, -0.05) is 18.2 Å². The number of hydrogen-bond donors (Lipinski definition) is 2. The van der Waals surface area contributed by atoms with Crippen LogP contribution in [-0.4, -0.2) is 45.9 Å². The van der Waals surface area contributed by atoms with Crippen LogP contribution in [0, 0.1) is 0 Å². The first-order chi connectivity index (χ1) is 15.7. The molecule has 0 unspecified atom stereocenters. The van der Waals surface area contributed by atoms with Crippen molar-refractivity contribution in [3.05, 3.63) is 90.5 Å². The molecular weight excluding hydrogens is 404 g/mol. The number of ether oxygens (including phenoxy) is 1. The number of hydrogen-bond acceptors (Lipinski definition) is 6. The van der Waals surface area contributed by atoms with Crippen LogP contribution in [0.15, 0.2) is 79.4 Å². The van der Waals surface area contributed by atoms with Crippen molar-refractivity contribution < 1.29 is 9.53 Å². The number of para-hydroxylation sites is 1. The molecule has 1 aromatic carbocycles. The third-order valence-electron chi connectivity index (χ3n) is 4.84. The molecule has 4 rings (SSSR count). The Labute approximate surface area is 186 Å².